The van der Waals surface area contributed by atoms with Gasteiger partial charge in [-0.3, -0.25) is 9.69 Å². The number of rotatable bonds is 6. The molecule has 0 aliphatic carbocycles. The number of nitriles is 3. The van der Waals surface area contributed by atoms with Crippen LogP contribution >= 0.6 is 0 Å². The molecule has 0 fully saturated rings. The van der Waals surface area contributed by atoms with Crippen molar-refractivity contribution < 1.29 is 0 Å². The van der Waals surface area contributed by atoms with Gasteiger partial charge in [-0.05, 0) is 100 Å². The lowest BCUT2D eigenvalue weighted by atomic mass is 9.99. The second-order valence-corrected chi connectivity index (χ2v) is 10.9. The number of anilines is 3. The van der Waals surface area contributed by atoms with Crippen LogP contribution in [0.4, 0.5) is 34.1 Å². The SMILES string of the molecule is [C-]#[N+]c1cc(C#N)cc(-c2ccc(N(c3ccc(-c4ccc(C#N)c(C#N)c4)cc3)c3ccc(-c4ccc([N+]#[C-])c([N+]#[C-])c4)cc3)cc2)c1. The molecule has 0 saturated carbocycles. The molecule has 0 heterocycles. The predicted octanol–water partition coefficient (Wildman–Crippen LogP) is 11.4. The molecule has 0 amide bonds. The van der Waals surface area contributed by atoms with Crippen LogP contribution in [-0.2, 0) is 0 Å². The zero-order chi connectivity index (χ0) is 34.3. The van der Waals surface area contributed by atoms with Crippen molar-refractivity contribution in [3.8, 4) is 51.6 Å². The van der Waals surface area contributed by atoms with Gasteiger partial charge in [-0.15, -0.1) is 0 Å². The van der Waals surface area contributed by atoms with Gasteiger partial charge in [0.1, 0.15) is 12.1 Å². The molecule has 7 heteroatoms. The third-order valence-electron chi connectivity index (χ3n) is 8.03. The van der Waals surface area contributed by atoms with E-state index < -0.39 is 0 Å². The molecule has 0 aliphatic heterocycles. The van der Waals surface area contributed by atoms with Crippen LogP contribution in [0.25, 0.3) is 47.9 Å². The standard InChI is InChI=1S/C42H21N7/c1-46-37-21-28(25-43)20-35(23-37)31-10-17-40(18-11-31)49(38-13-6-29(7-14-38)32-4-5-34(26-44)36(22-32)27-45)39-15-8-30(9-16-39)33-12-19-41(47-2)42(24-33)48-3/h4-24H. The average molecular weight is 624 g/mol. The van der Waals surface area contributed by atoms with Crippen molar-refractivity contribution >= 4 is 34.1 Å². The largest absolute Gasteiger partial charge is 0.311 e. The topological polar surface area (TPSA) is 87.7 Å². The molecule has 0 saturated heterocycles. The summed E-state index contributed by atoms with van der Waals surface area (Å²) in [4.78, 5) is 12.6. The average Bonchev–Trinajstić information content (AvgIpc) is 3.18. The van der Waals surface area contributed by atoms with Gasteiger partial charge in [0.15, 0.2) is 17.1 Å². The predicted molar refractivity (Wildman–Crippen MR) is 190 cm³/mol. The first-order valence-electron chi connectivity index (χ1n) is 14.9. The van der Waals surface area contributed by atoms with Crippen LogP contribution in [0, 0.1) is 53.7 Å². The van der Waals surface area contributed by atoms with E-state index in [1.165, 1.54) is 0 Å². The Bertz CT molecular complexity index is 2340. The van der Waals surface area contributed by atoms with E-state index in [4.69, 9.17) is 19.7 Å². The van der Waals surface area contributed by atoms with Crippen LogP contribution in [0.3, 0.4) is 0 Å². The summed E-state index contributed by atoms with van der Waals surface area (Å²) < 4.78 is 0. The molecule has 6 rings (SSSR count). The fourth-order valence-corrected chi connectivity index (χ4v) is 5.56. The summed E-state index contributed by atoms with van der Waals surface area (Å²) in [5.41, 5.74) is 9.81. The molecule has 0 aliphatic rings. The molecule has 6 aromatic carbocycles. The zero-order valence-electron chi connectivity index (χ0n) is 25.8. The minimum absolute atomic E-state index is 0.311. The molecule has 0 spiro atoms. The van der Waals surface area contributed by atoms with Crippen molar-refractivity contribution in [2.45, 2.75) is 0 Å². The zero-order valence-corrected chi connectivity index (χ0v) is 25.8. The molecular weight excluding hydrogens is 603 g/mol. The lowest BCUT2D eigenvalue weighted by Crippen LogP contribution is -2.09. The van der Waals surface area contributed by atoms with E-state index in [2.05, 4.69) is 37.6 Å². The van der Waals surface area contributed by atoms with Crippen molar-refractivity contribution in [1.29, 1.82) is 15.8 Å². The second-order valence-electron chi connectivity index (χ2n) is 10.9. The van der Waals surface area contributed by atoms with Crippen molar-refractivity contribution in [2.24, 2.45) is 0 Å². The first kappa shape index (κ1) is 31.1. The molecule has 6 aromatic rings. The van der Waals surface area contributed by atoms with Crippen molar-refractivity contribution in [3.63, 3.8) is 0 Å². The fourth-order valence-electron chi connectivity index (χ4n) is 5.56. The summed E-state index contributed by atoms with van der Waals surface area (Å²) in [5.74, 6) is 0. The van der Waals surface area contributed by atoms with Crippen LogP contribution in [0.2, 0.25) is 0 Å². The Labute approximate surface area is 284 Å². The Morgan fingerprint density at radius 1 is 0.408 bits per heavy atom. The van der Waals surface area contributed by atoms with E-state index in [-0.39, 0.29) is 0 Å². The van der Waals surface area contributed by atoms with Gasteiger partial charge in [0.25, 0.3) is 0 Å². The molecule has 0 N–H and O–H groups in total. The molecular formula is C42H21N7. The summed E-state index contributed by atoms with van der Waals surface area (Å²) >= 11 is 0. The molecule has 7 nitrogen and oxygen atoms in total. The molecule has 0 radical (unpaired) electrons. The normalized spacial score (nSPS) is 9.92. The van der Waals surface area contributed by atoms with Gasteiger partial charge in [0.05, 0.1) is 36.9 Å². The van der Waals surface area contributed by atoms with E-state index in [1.807, 2.05) is 84.9 Å². The summed E-state index contributed by atoms with van der Waals surface area (Å²) in [5, 5.41) is 28.3. The molecule has 0 atom stereocenters. The summed E-state index contributed by atoms with van der Waals surface area (Å²) in [7, 11) is 0. The Morgan fingerprint density at radius 3 is 1.39 bits per heavy atom. The van der Waals surface area contributed by atoms with E-state index in [0.717, 1.165) is 50.4 Å². The van der Waals surface area contributed by atoms with Crippen LogP contribution in [0.5, 0.6) is 0 Å². The number of hydrogen-bond donors (Lipinski definition) is 0. The van der Waals surface area contributed by atoms with Crippen LogP contribution in [0.1, 0.15) is 16.7 Å². The Balaban J connectivity index is 1.41. The van der Waals surface area contributed by atoms with Crippen LogP contribution in [0.15, 0.2) is 127 Å². The summed E-state index contributed by atoms with van der Waals surface area (Å²) in [6, 6.07) is 45.6. The van der Waals surface area contributed by atoms with Crippen molar-refractivity contribution in [1.82, 2.24) is 0 Å². The number of hydrogen-bond acceptors (Lipinski definition) is 4. The third-order valence-corrected chi connectivity index (χ3v) is 8.03. The molecule has 224 valence electrons. The molecule has 49 heavy (non-hydrogen) atoms. The minimum atomic E-state index is 0.311. The Hall–Kier alpha value is -7.94. The summed E-state index contributed by atoms with van der Waals surface area (Å²) in [6.07, 6.45) is 0. The van der Waals surface area contributed by atoms with Crippen LogP contribution < -0.4 is 4.90 Å². The summed E-state index contributed by atoms with van der Waals surface area (Å²) in [6.45, 7) is 22.2. The van der Waals surface area contributed by atoms with Gasteiger partial charge in [-0.1, -0.05) is 60.7 Å². The lowest BCUT2D eigenvalue weighted by Gasteiger charge is -2.26. The number of benzene rings is 6. The van der Waals surface area contributed by atoms with E-state index >= 15 is 0 Å². The maximum Gasteiger partial charge on any atom is 0.195 e. The Kier molecular flexibility index (Phi) is 8.61. The monoisotopic (exact) mass is 623 g/mol. The van der Waals surface area contributed by atoms with Gasteiger partial charge in [0.2, 0.25) is 0 Å². The van der Waals surface area contributed by atoms with Gasteiger partial charge in [0, 0.05) is 22.6 Å². The molecule has 0 aromatic heterocycles. The number of nitrogens with zero attached hydrogens (tertiary/aromatic N) is 7. The molecule has 0 bridgehead atoms. The Morgan fingerprint density at radius 2 is 0.898 bits per heavy atom. The highest BCUT2D eigenvalue weighted by molar-refractivity contribution is 5.83. The van der Waals surface area contributed by atoms with E-state index in [0.29, 0.717) is 33.8 Å². The van der Waals surface area contributed by atoms with Crippen molar-refractivity contribution in [2.75, 3.05) is 4.90 Å². The van der Waals surface area contributed by atoms with Gasteiger partial charge in [-0.2, -0.15) is 15.8 Å². The van der Waals surface area contributed by atoms with E-state index in [1.54, 1.807) is 42.5 Å². The molecule has 0 unspecified atom stereocenters. The third kappa shape index (κ3) is 6.29. The maximum atomic E-state index is 9.52. The smallest absolute Gasteiger partial charge is 0.195 e. The van der Waals surface area contributed by atoms with Gasteiger partial charge in [-0.25, -0.2) is 4.85 Å². The lowest BCUT2D eigenvalue weighted by molar-refractivity contribution is 1.28. The minimum Gasteiger partial charge on any atom is -0.311 e. The maximum absolute atomic E-state index is 9.52. The van der Waals surface area contributed by atoms with Crippen molar-refractivity contribution in [3.05, 3.63) is 178 Å². The second kappa shape index (κ2) is 13.6. The highest BCUT2D eigenvalue weighted by Crippen LogP contribution is 2.39. The highest BCUT2D eigenvalue weighted by atomic mass is 15.1. The first-order chi connectivity index (χ1) is 24.0. The van der Waals surface area contributed by atoms with E-state index in [9.17, 15) is 15.8 Å². The van der Waals surface area contributed by atoms with Gasteiger partial charge < -0.3 is 4.90 Å². The first-order valence-corrected chi connectivity index (χ1v) is 14.9. The highest BCUT2D eigenvalue weighted by Gasteiger charge is 2.15. The fraction of sp³-hybridized carbons (Fsp3) is 0. The van der Waals surface area contributed by atoms with Crippen LogP contribution in [-0.4, -0.2) is 0 Å². The quantitative estimate of drug-likeness (QED) is 0.173. The van der Waals surface area contributed by atoms with Gasteiger partial charge >= 0.3 is 0 Å².